The molecule has 0 aliphatic heterocycles. The van der Waals surface area contributed by atoms with Crippen LogP contribution in [0.4, 0.5) is 0 Å². The molecular formula is C36H69NO11P+. The van der Waals surface area contributed by atoms with Gasteiger partial charge in [-0.15, -0.1) is 0 Å². The van der Waals surface area contributed by atoms with Crippen molar-refractivity contribution in [2.75, 3.05) is 47.5 Å². The quantitative estimate of drug-likeness (QED) is 0.0198. The summed E-state index contributed by atoms with van der Waals surface area (Å²) >= 11 is 0. The average molecular weight is 723 g/mol. The summed E-state index contributed by atoms with van der Waals surface area (Å²) in [6.45, 7) is 1.94. The Balaban J connectivity index is 4.51. The lowest BCUT2D eigenvalue weighted by Gasteiger charge is -2.24. The van der Waals surface area contributed by atoms with E-state index >= 15 is 0 Å². The largest absolute Gasteiger partial charge is 0.481 e. The first-order valence-corrected chi connectivity index (χ1v) is 20.1. The van der Waals surface area contributed by atoms with Gasteiger partial charge in [-0.1, -0.05) is 96.1 Å². The number of aliphatic hydroxyl groups excluding tert-OH is 1. The minimum Gasteiger partial charge on any atom is -0.481 e. The lowest BCUT2D eigenvalue weighted by atomic mass is 10.0. The monoisotopic (exact) mass is 722 g/mol. The fourth-order valence-electron chi connectivity index (χ4n) is 4.86. The number of phosphoric ester groups is 1. The molecule has 49 heavy (non-hydrogen) atoms. The number of esters is 2. The number of carboxylic acid groups (broad SMARTS) is 1. The molecule has 0 amide bonds. The Bertz CT molecular complexity index is 938. The number of nitrogens with zero attached hydrogens (tertiary/aromatic N) is 1. The summed E-state index contributed by atoms with van der Waals surface area (Å²) in [5.74, 6) is -1.91. The van der Waals surface area contributed by atoms with E-state index in [1.165, 1.54) is 57.8 Å². The highest BCUT2D eigenvalue weighted by Crippen LogP contribution is 2.43. The molecule has 0 spiro atoms. The van der Waals surface area contributed by atoms with Gasteiger partial charge in [0.2, 0.25) is 0 Å². The van der Waals surface area contributed by atoms with Gasteiger partial charge in [-0.2, -0.15) is 0 Å². The second kappa shape index (κ2) is 29.9. The number of aliphatic carboxylic acids is 1. The number of carbonyl (C=O) groups is 3. The van der Waals surface area contributed by atoms with E-state index in [1.807, 2.05) is 27.2 Å². The van der Waals surface area contributed by atoms with E-state index in [-0.39, 0.29) is 38.9 Å². The third-order valence-corrected chi connectivity index (χ3v) is 8.91. The number of unbranched alkanes of at least 4 members (excludes halogenated alkanes) is 14. The van der Waals surface area contributed by atoms with Crippen molar-refractivity contribution >= 4 is 25.7 Å². The number of phosphoric acid groups is 1. The summed E-state index contributed by atoms with van der Waals surface area (Å²) in [5, 5.41) is 18.4. The first-order valence-electron chi connectivity index (χ1n) is 18.6. The summed E-state index contributed by atoms with van der Waals surface area (Å²) in [4.78, 5) is 45.6. The Labute approximate surface area is 296 Å². The van der Waals surface area contributed by atoms with Crippen molar-refractivity contribution in [1.29, 1.82) is 0 Å². The van der Waals surface area contributed by atoms with Gasteiger partial charge in [0.05, 0.1) is 33.9 Å². The fourth-order valence-corrected chi connectivity index (χ4v) is 5.60. The van der Waals surface area contributed by atoms with Gasteiger partial charge in [0.25, 0.3) is 0 Å². The van der Waals surface area contributed by atoms with Crippen molar-refractivity contribution in [3.8, 4) is 0 Å². The lowest BCUT2D eigenvalue weighted by molar-refractivity contribution is -0.870. The maximum absolute atomic E-state index is 12.5. The Hall–Kier alpha value is -1.82. The molecule has 0 saturated heterocycles. The van der Waals surface area contributed by atoms with E-state index in [9.17, 15) is 28.9 Å². The van der Waals surface area contributed by atoms with Crippen LogP contribution in [0, 0.1) is 0 Å². The van der Waals surface area contributed by atoms with Crippen molar-refractivity contribution in [3.63, 3.8) is 0 Å². The molecule has 0 aromatic carbocycles. The molecule has 0 radical (unpaired) electrons. The normalized spacial score (nSPS) is 14.4. The van der Waals surface area contributed by atoms with Crippen LogP contribution >= 0.6 is 7.82 Å². The number of likely N-dealkylation sites (N-methyl/N-ethyl adjacent to an activating group) is 1. The van der Waals surface area contributed by atoms with E-state index in [4.69, 9.17) is 23.6 Å². The topological polar surface area (TPSA) is 166 Å². The van der Waals surface area contributed by atoms with Gasteiger partial charge in [-0.3, -0.25) is 23.4 Å². The van der Waals surface area contributed by atoms with Gasteiger partial charge >= 0.3 is 25.7 Å². The van der Waals surface area contributed by atoms with Crippen LogP contribution in [-0.2, 0) is 37.5 Å². The van der Waals surface area contributed by atoms with Crippen molar-refractivity contribution in [1.82, 2.24) is 0 Å². The number of quaternary nitrogens is 1. The number of carbonyl (C=O) groups excluding carboxylic acids is 2. The number of hydrogen-bond donors (Lipinski definition) is 3. The number of carboxylic acids is 1. The Kier molecular flexibility index (Phi) is 28.8. The summed E-state index contributed by atoms with van der Waals surface area (Å²) in [6.07, 6.45) is 20.2. The minimum absolute atomic E-state index is 0.00835. The molecule has 0 fully saturated rings. The van der Waals surface area contributed by atoms with Crippen LogP contribution in [0.15, 0.2) is 12.2 Å². The maximum atomic E-state index is 12.5. The first-order chi connectivity index (χ1) is 23.2. The standard InChI is InChI=1S/C36H68NO11P/c1-5-6-7-8-9-10-11-12-13-14-15-18-21-24-35(41)45-30-33(31-47-49(43,44)46-29-28-37(2,3)4)48-36(42)25-22-19-16-17-20-23-32(38)26-27-34(39)40/h17,20,32-33,38H,5-16,18-19,21-31H2,1-4H3,(H-,39,40,43,44)/p+1. The highest BCUT2D eigenvalue weighted by Gasteiger charge is 2.27. The molecule has 0 aromatic rings. The number of ether oxygens (including phenoxy) is 2. The Morgan fingerprint density at radius 2 is 1.29 bits per heavy atom. The molecule has 0 aliphatic rings. The van der Waals surface area contributed by atoms with Crippen LogP contribution in [0.3, 0.4) is 0 Å². The highest BCUT2D eigenvalue weighted by atomic mass is 31.2. The third kappa shape index (κ3) is 34.4. The molecule has 0 rings (SSSR count). The summed E-state index contributed by atoms with van der Waals surface area (Å²) in [5.41, 5.74) is 0. The minimum atomic E-state index is -4.42. The van der Waals surface area contributed by atoms with Gasteiger partial charge in [0, 0.05) is 19.3 Å². The summed E-state index contributed by atoms with van der Waals surface area (Å²) in [6, 6.07) is 0. The average Bonchev–Trinajstić information content (AvgIpc) is 3.02. The molecule has 288 valence electrons. The van der Waals surface area contributed by atoms with Gasteiger partial charge in [0.15, 0.2) is 6.10 Å². The molecule has 13 heteroatoms. The molecule has 0 aromatic heterocycles. The van der Waals surface area contributed by atoms with Crippen LogP contribution in [0.1, 0.15) is 142 Å². The van der Waals surface area contributed by atoms with Gasteiger partial charge in [0.1, 0.15) is 19.8 Å². The molecule has 12 nitrogen and oxygen atoms in total. The predicted octanol–water partition coefficient (Wildman–Crippen LogP) is 7.49. The van der Waals surface area contributed by atoms with Crippen LogP contribution in [0.25, 0.3) is 0 Å². The van der Waals surface area contributed by atoms with Gasteiger partial charge < -0.3 is 29.1 Å². The molecule has 0 bridgehead atoms. The zero-order valence-corrected chi connectivity index (χ0v) is 31.9. The molecule has 3 atom stereocenters. The number of allylic oxidation sites excluding steroid dienone is 1. The summed E-state index contributed by atoms with van der Waals surface area (Å²) in [7, 11) is 1.33. The second-order valence-corrected chi connectivity index (χ2v) is 15.4. The second-order valence-electron chi connectivity index (χ2n) is 13.9. The van der Waals surface area contributed by atoms with E-state index in [0.717, 1.165) is 19.3 Å². The highest BCUT2D eigenvalue weighted by molar-refractivity contribution is 7.47. The lowest BCUT2D eigenvalue weighted by Crippen LogP contribution is -2.37. The van der Waals surface area contributed by atoms with Crippen LogP contribution in [-0.4, -0.2) is 97.2 Å². The first kappa shape index (κ1) is 47.2. The molecule has 0 heterocycles. The number of hydrogen-bond acceptors (Lipinski definition) is 9. The van der Waals surface area contributed by atoms with Crippen molar-refractivity contribution in [3.05, 3.63) is 12.2 Å². The van der Waals surface area contributed by atoms with Gasteiger partial charge in [-0.25, -0.2) is 4.57 Å². The van der Waals surface area contributed by atoms with E-state index in [1.54, 1.807) is 6.08 Å². The number of aliphatic hydroxyl groups is 1. The molecule has 3 unspecified atom stereocenters. The smallest absolute Gasteiger partial charge is 0.472 e. The predicted molar refractivity (Wildman–Crippen MR) is 191 cm³/mol. The maximum Gasteiger partial charge on any atom is 0.472 e. The van der Waals surface area contributed by atoms with Gasteiger partial charge in [-0.05, 0) is 38.5 Å². The van der Waals surface area contributed by atoms with Crippen LogP contribution in [0.2, 0.25) is 0 Å². The van der Waals surface area contributed by atoms with Crippen LogP contribution < -0.4 is 0 Å². The summed E-state index contributed by atoms with van der Waals surface area (Å²) < 4.78 is 33.9. The number of rotatable bonds is 34. The zero-order chi connectivity index (χ0) is 36.8. The van der Waals surface area contributed by atoms with E-state index in [0.29, 0.717) is 43.1 Å². The van der Waals surface area contributed by atoms with E-state index < -0.39 is 44.5 Å². The molecule has 0 aliphatic carbocycles. The Morgan fingerprint density at radius 3 is 1.86 bits per heavy atom. The third-order valence-electron chi connectivity index (χ3n) is 7.92. The SMILES string of the molecule is CCCCCCCCCCCCCCCC(=O)OCC(COP(=O)(O)OCC[N+](C)(C)C)OC(=O)CCCCC=CCC(O)CCC(=O)O. The molecule has 3 N–H and O–H groups in total. The zero-order valence-electron chi connectivity index (χ0n) is 31.0. The van der Waals surface area contributed by atoms with Crippen molar-refractivity contribution in [2.24, 2.45) is 0 Å². The molecule has 0 saturated carbocycles. The fraction of sp³-hybridized carbons (Fsp3) is 0.861. The Morgan fingerprint density at radius 1 is 0.735 bits per heavy atom. The van der Waals surface area contributed by atoms with E-state index in [2.05, 4.69) is 6.92 Å². The van der Waals surface area contributed by atoms with Crippen LogP contribution in [0.5, 0.6) is 0 Å². The van der Waals surface area contributed by atoms with Crippen molar-refractivity contribution < 1.29 is 57.1 Å². The van der Waals surface area contributed by atoms with Crippen molar-refractivity contribution in [2.45, 2.75) is 154 Å². The molecular weight excluding hydrogens is 653 g/mol.